The molecule has 2 N–H and O–H groups in total. The second kappa shape index (κ2) is 5.37. The molecule has 19 heavy (non-hydrogen) atoms. The highest BCUT2D eigenvalue weighted by molar-refractivity contribution is 9.10. The van der Waals surface area contributed by atoms with Gasteiger partial charge >= 0.3 is 0 Å². The van der Waals surface area contributed by atoms with Crippen molar-refractivity contribution in [3.8, 4) is 0 Å². The Balaban J connectivity index is 1.84. The second-order valence-corrected chi connectivity index (χ2v) is 6.80. The summed E-state index contributed by atoms with van der Waals surface area (Å²) in [4.78, 5) is 1.28. The standard InChI is InChI=1S/C15H16BrNOS/c16-13-6-8-19-14(13)9-17-15(10-18)7-5-11-3-1-2-4-12(11)15/h1-4,6,8,17-18H,5,7,9-10H2. The van der Waals surface area contributed by atoms with E-state index in [0.29, 0.717) is 0 Å². The van der Waals surface area contributed by atoms with E-state index in [1.54, 1.807) is 11.3 Å². The molecule has 1 atom stereocenters. The van der Waals surface area contributed by atoms with Gasteiger partial charge in [0.1, 0.15) is 0 Å². The van der Waals surface area contributed by atoms with Crippen LogP contribution in [0.4, 0.5) is 0 Å². The van der Waals surface area contributed by atoms with E-state index in [-0.39, 0.29) is 12.1 Å². The maximum atomic E-state index is 9.89. The van der Waals surface area contributed by atoms with Crippen LogP contribution in [0.3, 0.4) is 0 Å². The molecule has 1 heterocycles. The Morgan fingerprint density at radius 1 is 1.32 bits per heavy atom. The molecular weight excluding hydrogens is 322 g/mol. The third-order valence-electron chi connectivity index (χ3n) is 3.90. The van der Waals surface area contributed by atoms with Crippen molar-refractivity contribution < 1.29 is 5.11 Å². The van der Waals surface area contributed by atoms with E-state index in [4.69, 9.17) is 0 Å². The Morgan fingerprint density at radius 3 is 2.89 bits per heavy atom. The molecule has 4 heteroatoms. The van der Waals surface area contributed by atoms with Gasteiger partial charge in [-0.05, 0) is 51.3 Å². The number of rotatable bonds is 4. The molecule has 1 unspecified atom stereocenters. The number of hydrogen-bond acceptors (Lipinski definition) is 3. The molecule has 0 saturated carbocycles. The van der Waals surface area contributed by atoms with Crippen molar-refractivity contribution in [2.75, 3.05) is 6.61 Å². The van der Waals surface area contributed by atoms with Crippen LogP contribution in [0, 0.1) is 0 Å². The van der Waals surface area contributed by atoms with Gasteiger partial charge in [0.05, 0.1) is 12.1 Å². The lowest BCUT2D eigenvalue weighted by Crippen LogP contribution is -2.43. The Bertz CT molecular complexity index is 583. The molecule has 1 aliphatic rings. The van der Waals surface area contributed by atoms with Crippen molar-refractivity contribution in [2.24, 2.45) is 0 Å². The molecule has 3 rings (SSSR count). The lowest BCUT2D eigenvalue weighted by Gasteiger charge is -2.29. The van der Waals surface area contributed by atoms with E-state index in [2.05, 4.69) is 57.0 Å². The van der Waals surface area contributed by atoms with Crippen molar-refractivity contribution in [1.82, 2.24) is 5.32 Å². The molecule has 1 aromatic carbocycles. The van der Waals surface area contributed by atoms with Crippen LogP contribution in [0.2, 0.25) is 0 Å². The Morgan fingerprint density at radius 2 is 2.16 bits per heavy atom. The molecule has 0 amide bonds. The molecule has 0 bridgehead atoms. The molecule has 2 aromatic rings. The van der Waals surface area contributed by atoms with Gasteiger partial charge in [0.2, 0.25) is 0 Å². The predicted molar refractivity (Wildman–Crippen MR) is 82.4 cm³/mol. The molecule has 0 spiro atoms. The van der Waals surface area contributed by atoms with Crippen LogP contribution < -0.4 is 5.32 Å². The lowest BCUT2D eigenvalue weighted by molar-refractivity contribution is 0.159. The normalized spacial score (nSPS) is 21.6. The quantitative estimate of drug-likeness (QED) is 0.895. The fraction of sp³-hybridized carbons (Fsp3) is 0.333. The SMILES string of the molecule is OCC1(NCc2sccc2Br)CCc2ccccc21. The van der Waals surface area contributed by atoms with E-state index in [1.165, 1.54) is 16.0 Å². The molecule has 2 nitrogen and oxygen atoms in total. The highest BCUT2D eigenvalue weighted by Crippen LogP contribution is 2.37. The zero-order chi connectivity index (χ0) is 13.3. The molecule has 1 aromatic heterocycles. The van der Waals surface area contributed by atoms with Crippen molar-refractivity contribution in [1.29, 1.82) is 0 Å². The fourth-order valence-electron chi connectivity index (χ4n) is 2.79. The van der Waals surface area contributed by atoms with E-state index >= 15 is 0 Å². The first-order valence-corrected chi connectivity index (χ1v) is 8.08. The smallest absolute Gasteiger partial charge is 0.0677 e. The summed E-state index contributed by atoms with van der Waals surface area (Å²) < 4.78 is 1.14. The third kappa shape index (κ3) is 2.38. The van der Waals surface area contributed by atoms with Crippen LogP contribution >= 0.6 is 27.3 Å². The van der Waals surface area contributed by atoms with Gasteiger partial charge in [0, 0.05) is 15.9 Å². The van der Waals surface area contributed by atoms with Gasteiger partial charge in [0.25, 0.3) is 0 Å². The molecule has 1 aliphatic carbocycles. The third-order valence-corrected chi connectivity index (χ3v) is 5.83. The number of benzene rings is 1. The second-order valence-electron chi connectivity index (χ2n) is 4.94. The summed E-state index contributed by atoms with van der Waals surface area (Å²) in [5.74, 6) is 0. The predicted octanol–water partition coefficient (Wildman–Crippen LogP) is 3.43. The first kappa shape index (κ1) is 13.3. The van der Waals surface area contributed by atoms with Gasteiger partial charge in [-0.15, -0.1) is 11.3 Å². The van der Waals surface area contributed by atoms with Gasteiger partial charge < -0.3 is 10.4 Å². The summed E-state index contributed by atoms with van der Waals surface area (Å²) in [5.41, 5.74) is 2.33. The van der Waals surface area contributed by atoms with E-state index in [9.17, 15) is 5.11 Å². The zero-order valence-corrected chi connectivity index (χ0v) is 12.9. The van der Waals surface area contributed by atoms with Gasteiger partial charge in [-0.25, -0.2) is 0 Å². The minimum atomic E-state index is -0.278. The molecule has 100 valence electrons. The highest BCUT2D eigenvalue weighted by Gasteiger charge is 2.37. The summed E-state index contributed by atoms with van der Waals surface area (Å²) in [6.45, 7) is 0.931. The number of nitrogens with one attached hydrogen (secondary N) is 1. The van der Waals surface area contributed by atoms with Gasteiger partial charge in [-0.2, -0.15) is 0 Å². The van der Waals surface area contributed by atoms with Gasteiger partial charge in [0.15, 0.2) is 0 Å². The largest absolute Gasteiger partial charge is 0.394 e. The summed E-state index contributed by atoms with van der Waals surface area (Å²) in [6.07, 6.45) is 2.00. The zero-order valence-electron chi connectivity index (χ0n) is 10.5. The molecule has 0 fully saturated rings. The summed E-state index contributed by atoms with van der Waals surface area (Å²) in [6, 6.07) is 10.5. The Labute approximate surface area is 125 Å². The van der Waals surface area contributed by atoms with Gasteiger partial charge in [-0.3, -0.25) is 0 Å². The number of hydrogen-bond donors (Lipinski definition) is 2. The van der Waals surface area contributed by atoms with Crippen molar-refractivity contribution in [3.63, 3.8) is 0 Å². The number of aliphatic hydroxyl groups excluding tert-OH is 1. The number of fused-ring (bicyclic) bond motifs is 1. The van der Waals surface area contributed by atoms with Crippen LogP contribution in [0.5, 0.6) is 0 Å². The highest BCUT2D eigenvalue weighted by atomic mass is 79.9. The van der Waals surface area contributed by atoms with Crippen LogP contribution in [-0.2, 0) is 18.5 Å². The number of halogens is 1. The van der Waals surface area contributed by atoms with E-state index in [0.717, 1.165) is 23.9 Å². The summed E-state index contributed by atoms with van der Waals surface area (Å²) >= 11 is 5.29. The Hall–Kier alpha value is -0.680. The van der Waals surface area contributed by atoms with E-state index in [1.807, 2.05) is 0 Å². The van der Waals surface area contributed by atoms with E-state index < -0.39 is 0 Å². The minimum Gasteiger partial charge on any atom is -0.394 e. The number of aliphatic hydroxyl groups is 1. The molecular formula is C15H16BrNOS. The first-order chi connectivity index (χ1) is 9.25. The summed E-state index contributed by atoms with van der Waals surface area (Å²) in [7, 11) is 0. The van der Waals surface area contributed by atoms with Crippen molar-refractivity contribution in [3.05, 3.63) is 56.2 Å². The van der Waals surface area contributed by atoms with Crippen LogP contribution in [0.15, 0.2) is 40.2 Å². The molecule has 0 saturated heterocycles. The van der Waals surface area contributed by atoms with Crippen LogP contribution in [-0.4, -0.2) is 11.7 Å². The van der Waals surface area contributed by atoms with Crippen molar-refractivity contribution in [2.45, 2.75) is 24.9 Å². The lowest BCUT2D eigenvalue weighted by atomic mass is 9.92. The number of aryl methyl sites for hydroxylation is 1. The average molecular weight is 338 g/mol. The number of thiophene rings is 1. The average Bonchev–Trinajstić information content (AvgIpc) is 3.01. The van der Waals surface area contributed by atoms with Crippen molar-refractivity contribution >= 4 is 27.3 Å². The maximum Gasteiger partial charge on any atom is 0.0677 e. The molecule has 0 aliphatic heterocycles. The fourth-order valence-corrected chi connectivity index (χ4v) is 4.22. The molecule has 0 radical (unpaired) electrons. The minimum absolute atomic E-state index is 0.146. The Kier molecular flexibility index (Phi) is 3.76. The maximum absolute atomic E-state index is 9.89. The monoisotopic (exact) mass is 337 g/mol. The van der Waals surface area contributed by atoms with Gasteiger partial charge in [-0.1, -0.05) is 24.3 Å². The van der Waals surface area contributed by atoms with Crippen LogP contribution in [0.25, 0.3) is 0 Å². The summed E-state index contributed by atoms with van der Waals surface area (Å²) in [5, 5.41) is 15.5. The first-order valence-electron chi connectivity index (χ1n) is 6.41. The van der Waals surface area contributed by atoms with Crippen LogP contribution in [0.1, 0.15) is 22.4 Å². The topological polar surface area (TPSA) is 32.3 Å².